The van der Waals surface area contributed by atoms with Gasteiger partial charge in [-0.05, 0) is 22.8 Å². The summed E-state index contributed by atoms with van der Waals surface area (Å²) < 4.78 is 5.87. The molecular weight excluding hydrogens is 366 g/mol. The van der Waals surface area contributed by atoms with Gasteiger partial charge in [-0.1, -0.05) is 36.8 Å². The number of H-pyrrole nitrogens is 1. The molecule has 4 rings (SSSR count). The van der Waals surface area contributed by atoms with E-state index in [1.807, 2.05) is 13.0 Å². The van der Waals surface area contributed by atoms with Gasteiger partial charge in [0.15, 0.2) is 11.4 Å². The first-order valence-corrected chi connectivity index (χ1v) is 8.38. The first-order valence-electron chi connectivity index (χ1n) is 8.38. The fourth-order valence-electron chi connectivity index (χ4n) is 2.79. The van der Waals surface area contributed by atoms with Gasteiger partial charge in [0.2, 0.25) is 17.5 Å². The number of nitrogen functional groups attached to an aromatic ring is 1. The molecule has 0 aliphatic carbocycles. The molecule has 0 fully saturated rings. The largest absolute Gasteiger partial charge is 0.493 e. The molecule has 28 heavy (non-hydrogen) atoms. The van der Waals surface area contributed by atoms with Crippen LogP contribution >= 0.6 is 0 Å². The van der Waals surface area contributed by atoms with Crippen molar-refractivity contribution in [2.75, 3.05) is 5.73 Å². The summed E-state index contributed by atoms with van der Waals surface area (Å²) in [5.74, 6) is -0.737. The number of amides is 1. The first kappa shape index (κ1) is 17.3. The summed E-state index contributed by atoms with van der Waals surface area (Å²) in [5, 5.41) is 33.3. The molecule has 0 spiro atoms. The molecule has 12 nitrogen and oxygen atoms in total. The van der Waals surface area contributed by atoms with E-state index in [1.165, 1.54) is 4.68 Å². The number of benzene rings is 1. The maximum Gasteiger partial charge on any atom is 0.317 e. The lowest BCUT2D eigenvalue weighted by atomic mass is 10.2. The molecule has 4 N–H and O–H groups in total. The number of anilines is 1. The lowest BCUT2D eigenvalue weighted by Gasteiger charge is -2.02. The van der Waals surface area contributed by atoms with Crippen LogP contribution in [-0.2, 0) is 6.42 Å². The Hall–Kier alpha value is -4.09. The first-order chi connectivity index (χ1) is 13.6. The summed E-state index contributed by atoms with van der Waals surface area (Å²) in [6.45, 7) is 1.93. The van der Waals surface area contributed by atoms with E-state index >= 15 is 0 Å². The molecule has 1 amide bonds. The number of hydrogen-bond donors (Lipinski definition) is 3. The number of nitrogens with zero attached hydrogens (tertiary/aromatic N) is 7. The molecule has 142 valence electrons. The minimum Gasteiger partial charge on any atom is -0.493 e. The van der Waals surface area contributed by atoms with Crippen LogP contribution in [0, 0.1) is 0 Å². The molecule has 0 unspecified atom stereocenters. The van der Waals surface area contributed by atoms with Gasteiger partial charge in [-0.15, -0.1) is 15.3 Å². The highest BCUT2D eigenvalue weighted by Gasteiger charge is 2.23. The topological polar surface area (TPSA) is 173 Å². The molecule has 0 bridgehead atoms. The molecule has 0 radical (unpaired) electrons. The van der Waals surface area contributed by atoms with Crippen molar-refractivity contribution in [3.05, 3.63) is 35.7 Å². The van der Waals surface area contributed by atoms with Gasteiger partial charge in [0.05, 0.1) is 11.2 Å². The number of nitrogens with two attached hydrogens (primary N) is 1. The van der Waals surface area contributed by atoms with Gasteiger partial charge in [0.25, 0.3) is 0 Å². The van der Waals surface area contributed by atoms with Gasteiger partial charge in [0, 0.05) is 5.39 Å². The number of para-hydroxylation sites is 1. The number of rotatable bonds is 5. The van der Waals surface area contributed by atoms with Crippen molar-refractivity contribution in [3.63, 3.8) is 0 Å². The second-order valence-electron chi connectivity index (χ2n) is 5.89. The normalized spacial score (nSPS) is 11.6. The number of nitrogens with one attached hydrogen (secondary N) is 1. The summed E-state index contributed by atoms with van der Waals surface area (Å²) >= 11 is 0. The van der Waals surface area contributed by atoms with Gasteiger partial charge in [-0.25, -0.2) is 4.63 Å². The van der Waals surface area contributed by atoms with E-state index in [2.05, 4.69) is 40.5 Å². The standard InChI is InChI=1S/C16H15N9O3/c1-2-5-10-12(20-24-25(10)14-13(17)22-28-23-14)16(27)21-19-11-8-6-3-4-7-9(8)18-15(11)26/h3-4,6-7,18,26H,2,5H2,1H3,(H2,17,22). The van der Waals surface area contributed by atoms with Crippen LogP contribution in [0.4, 0.5) is 11.5 Å². The van der Waals surface area contributed by atoms with E-state index < -0.39 is 5.91 Å². The number of carbonyl (C=O) groups excluding carboxylic acids is 1. The molecule has 3 aromatic heterocycles. The monoisotopic (exact) mass is 381 g/mol. The molecule has 3 heterocycles. The molecule has 4 aromatic rings. The lowest BCUT2D eigenvalue weighted by molar-refractivity contribution is 0.0989. The summed E-state index contributed by atoms with van der Waals surface area (Å²) in [4.78, 5) is 15.4. The Morgan fingerprint density at radius 2 is 2.18 bits per heavy atom. The number of aromatic hydroxyl groups is 1. The van der Waals surface area contributed by atoms with Crippen molar-refractivity contribution in [3.8, 4) is 11.7 Å². The minimum atomic E-state index is -0.714. The summed E-state index contributed by atoms with van der Waals surface area (Å²) in [5.41, 5.74) is 7.00. The SMILES string of the molecule is CCCc1c(C(=O)N=Nc2c(O)[nH]c3ccccc23)nnn1-c1nonc1N. The maximum absolute atomic E-state index is 12.6. The maximum atomic E-state index is 12.6. The Morgan fingerprint density at radius 1 is 1.36 bits per heavy atom. The van der Waals surface area contributed by atoms with E-state index in [-0.39, 0.29) is 28.9 Å². The van der Waals surface area contributed by atoms with Gasteiger partial charge < -0.3 is 15.8 Å². The fourth-order valence-corrected chi connectivity index (χ4v) is 2.79. The quantitative estimate of drug-likeness (QED) is 0.441. The van der Waals surface area contributed by atoms with E-state index in [1.54, 1.807) is 18.2 Å². The van der Waals surface area contributed by atoms with Crippen LogP contribution in [0.2, 0.25) is 0 Å². The second-order valence-corrected chi connectivity index (χ2v) is 5.89. The van der Waals surface area contributed by atoms with E-state index in [9.17, 15) is 9.90 Å². The molecule has 12 heteroatoms. The van der Waals surface area contributed by atoms with Crippen LogP contribution in [0.25, 0.3) is 16.7 Å². The Balaban J connectivity index is 1.70. The van der Waals surface area contributed by atoms with Crippen LogP contribution in [0.1, 0.15) is 29.5 Å². The van der Waals surface area contributed by atoms with Crippen molar-refractivity contribution in [1.82, 2.24) is 30.3 Å². The smallest absolute Gasteiger partial charge is 0.317 e. The molecule has 0 aliphatic heterocycles. The van der Waals surface area contributed by atoms with Crippen LogP contribution in [-0.4, -0.2) is 41.3 Å². The van der Waals surface area contributed by atoms with Gasteiger partial charge in [-0.3, -0.25) is 4.79 Å². The zero-order valence-electron chi connectivity index (χ0n) is 14.7. The second kappa shape index (κ2) is 6.90. The van der Waals surface area contributed by atoms with Crippen LogP contribution in [0.15, 0.2) is 39.1 Å². The van der Waals surface area contributed by atoms with E-state index in [0.29, 0.717) is 29.4 Å². The van der Waals surface area contributed by atoms with E-state index in [0.717, 1.165) is 0 Å². The van der Waals surface area contributed by atoms with Gasteiger partial charge in [0.1, 0.15) is 0 Å². The number of azo groups is 1. The zero-order valence-corrected chi connectivity index (χ0v) is 14.7. The third-order valence-corrected chi connectivity index (χ3v) is 4.05. The van der Waals surface area contributed by atoms with Crippen molar-refractivity contribution in [1.29, 1.82) is 0 Å². The highest BCUT2D eigenvalue weighted by molar-refractivity contribution is 5.96. The van der Waals surface area contributed by atoms with Crippen LogP contribution in [0.3, 0.4) is 0 Å². The zero-order chi connectivity index (χ0) is 19.7. The third-order valence-electron chi connectivity index (χ3n) is 4.05. The van der Waals surface area contributed by atoms with E-state index in [4.69, 9.17) is 5.73 Å². The summed E-state index contributed by atoms with van der Waals surface area (Å²) in [7, 11) is 0. The van der Waals surface area contributed by atoms with Crippen LogP contribution in [0.5, 0.6) is 5.88 Å². The summed E-state index contributed by atoms with van der Waals surface area (Å²) in [6.07, 6.45) is 1.17. The predicted octanol–water partition coefficient (Wildman–Crippen LogP) is 2.30. The van der Waals surface area contributed by atoms with Gasteiger partial charge in [-0.2, -0.15) is 4.68 Å². The predicted molar refractivity (Wildman–Crippen MR) is 96.4 cm³/mol. The minimum absolute atomic E-state index is 0.00679. The number of carbonyl (C=O) groups is 1. The Bertz CT molecular complexity index is 1190. The lowest BCUT2D eigenvalue weighted by Crippen LogP contribution is -2.08. The van der Waals surface area contributed by atoms with Crippen molar-refractivity contribution in [2.24, 2.45) is 10.2 Å². The highest BCUT2D eigenvalue weighted by atomic mass is 16.6. The molecule has 1 aromatic carbocycles. The summed E-state index contributed by atoms with van der Waals surface area (Å²) in [6, 6.07) is 7.13. The molecule has 0 aliphatic rings. The number of aromatic amines is 1. The molecule has 0 atom stereocenters. The van der Waals surface area contributed by atoms with Crippen molar-refractivity contribution in [2.45, 2.75) is 19.8 Å². The average Bonchev–Trinajstić information content (AvgIpc) is 3.37. The molecule has 0 saturated heterocycles. The Morgan fingerprint density at radius 3 is 2.93 bits per heavy atom. The Labute approximate surface area is 157 Å². The third kappa shape index (κ3) is 2.86. The van der Waals surface area contributed by atoms with Gasteiger partial charge >= 0.3 is 5.91 Å². The molecule has 0 saturated carbocycles. The molecular formula is C16H15N9O3. The van der Waals surface area contributed by atoms with Crippen molar-refractivity contribution >= 4 is 28.3 Å². The van der Waals surface area contributed by atoms with Crippen LogP contribution < -0.4 is 5.73 Å². The number of hydrogen-bond acceptors (Lipinski definition) is 9. The highest BCUT2D eigenvalue weighted by Crippen LogP contribution is 2.35. The Kier molecular flexibility index (Phi) is 4.27. The fraction of sp³-hybridized carbons (Fsp3) is 0.188. The number of aromatic nitrogens is 6. The average molecular weight is 381 g/mol. The van der Waals surface area contributed by atoms with Crippen molar-refractivity contribution < 1.29 is 14.5 Å². The number of fused-ring (bicyclic) bond motifs is 1.